The number of carbonyl (C=O) groups is 6. The van der Waals surface area contributed by atoms with E-state index >= 15 is 0 Å². The molecule has 10 N–H and O–H groups in total. The van der Waals surface area contributed by atoms with E-state index in [2.05, 4.69) is 37.2 Å². The topological polar surface area (TPSA) is 246 Å². The summed E-state index contributed by atoms with van der Waals surface area (Å²) in [5.41, 5.74) is 5.57. The van der Waals surface area contributed by atoms with Gasteiger partial charge in [-0.05, 0) is 127 Å². The zero-order valence-electron chi connectivity index (χ0n) is 33.0. The molecule has 0 unspecified atom stereocenters. The Kier molecular flexibility index (Phi) is 14.2. The van der Waals surface area contributed by atoms with E-state index in [-0.39, 0.29) is 50.1 Å². The number of ether oxygens (including phenoxy) is 1. The number of amides is 7. The zero-order valence-corrected chi connectivity index (χ0v) is 33.0. The van der Waals surface area contributed by atoms with E-state index in [1.54, 1.807) is 20.8 Å². The smallest absolute Gasteiger partial charge is 0.408 e. The quantitative estimate of drug-likeness (QED) is 0.189. The highest BCUT2D eigenvalue weighted by molar-refractivity contribution is 5.96. The van der Waals surface area contributed by atoms with E-state index in [0.717, 1.165) is 24.8 Å². The number of primary amides is 1. The molecule has 1 aliphatic heterocycles. The maximum atomic E-state index is 14.4. The molecule has 0 radical (unpaired) electrons. The van der Waals surface area contributed by atoms with Crippen molar-refractivity contribution >= 4 is 41.7 Å². The van der Waals surface area contributed by atoms with Crippen LogP contribution in [0.2, 0.25) is 0 Å². The molecule has 5 fully saturated rings. The fourth-order valence-corrected chi connectivity index (χ4v) is 9.46. The lowest BCUT2D eigenvalue weighted by Crippen LogP contribution is -2.60. The Morgan fingerprint density at radius 2 is 1.54 bits per heavy atom. The van der Waals surface area contributed by atoms with Crippen LogP contribution in [0.3, 0.4) is 0 Å². The van der Waals surface area contributed by atoms with E-state index in [1.807, 2.05) is 30.3 Å². The second kappa shape index (κ2) is 18.8. The Bertz CT molecular complexity index is 1560. The lowest BCUT2D eigenvalue weighted by molar-refractivity contribution is -0.136. The molecule has 4 aliphatic carbocycles. The predicted octanol–water partition coefficient (Wildman–Crippen LogP) is 2.46. The van der Waals surface area contributed by atoms with Crippen LogP contribution in [-0.4, -0.2) is 84.6 Å². The van der Waals surface area contributed by atoms with Gasteiger partial charge in [-0.25, -0.2) is 9.59 Å². The van der Waals surface area contributed by atoms with Gasteiger partial charge < -0.3 is 42.4 Å². The minimum Gasteiger partial charge on any atom is -0.444 e. The summed E-state index contributed by atoms with van der Waals surface area (Å²) in [6, 6.07) is 4.26. The van der Waals surface area contributed by atoms with E-state index in [0.29, 0.717) is 37.0 Å². The van der Waals surface area contributed by atoms with Crippen molar-refractivity contribution < 1.29 is 33.5 Å². The third-order valence-corrected chi connectivity index (χ3v) is 11.4. The van der Waals surface area contributed by atoms with Gasteiger partial charge in [0.1, 0.15) is 29.8 Å². The number of rotatable bonds is 8. The first-order valence-electron chi connectivity index (χ1n) is 20.2. The average molecular weight is 780 g/mol. The standard InChI is InChI=1S/C40H61N9O7/c1-39(2,3)56-38(55)48-30(19-24-10-5-4-6-11-24)34(52)46-29-13-9-15-43-36(42)49-37(54)44-14-8-7-12-28(32(41)50)45-35(53)31(47-33(29)51)23-40-20-25-16-26(21-40)18-27(17-25)22-40/h4-6,10-11,25-31H,7-9,12-23H2,1-3H3,(H2,41,50)(H,45,53)(H,46,52)(H,47,51)(H,48,55)(H4,42,43,44,49,54)/t25?,26?,27?,28-,29+,30-,31-,40?/m0/s1. The Morgan fingerprint density at radius 1 is 0.893 bits per heavy atom. The van der Waals surface area contributed by atoms with Crippen LogP contribution in [0, 0.1) is 28.6 Å². The molecule has 5 aliphatic rings. The minimum atomic E-state index is -1.16. The number of carbonyl (C=O) groups excluding carboxylic acids is 6. The Labute approximate surface area is 329 Å². The molecular weight excluding hydrogens is 718 g/mol. The Balaban J connectivity index is 1.41. The molecule has 308 valence electrons. The van der Waals surface area contributed by atoms with Gasteiger partial charge in [0.2, 0.25) is 23.6 Å². The van der Waals surface area contributed by atoms with Crippen molar-refractivity contribution in [1.29, 1.82) is 5.41 Å². The lowest BCUT2D eigenvalue weighted by atomic mass is 9.48. The maximum absolute atomic E-state index is 14.4. The minimum absolute atomic E-state index is 0.0875. The number of alkyl carbamates (subject to hydrolysis) is 1. The van der Waals surface area contributed by atoms with Gasteiger partial charge in [-0.2, -0.15) is 0 Å². The first-order valence-corrected chi connectivity index (χ1v) is 20.2. The molecule has 1 aromatic rings. The van der Waals surface area contributed by atoms with Crippen LogP contribution in [0.5, 0.6) is 0 Å². The average Bonchev–Trinajstić information content (AvgIpc) is 3.10. The summed E-state index contributed by atoms with van der Waals surface area (Å²) in [6.07, 6.45) is 7.80. The van der Waals surface area contributed by atoms with Crippen LogP contribution in [0.25, 0.3) is 0 Å². The fourth-order valence-electron chi connectivity index (χ4n) is 9.46. The van der Waals surface area contributed by atoms with Crippen molar-refractivity contribution in [2.45, 2.75) is 134 Å². The van der Waals surface area contributed by atoms with Gasteiger partial charge >= 0.3 is 12.1 Å². The van der Waals surface area contributed by atoms with Crippen LogP contribution in [0.1, 0.15) is 103 Å². The van der Waals surface area contributed by atoms with Crippen molar-refractivity contribution in [3.8, 4) is 0 Å². The molecular formula is C40H61N9O7. The largest absolute Gasteiger partial charge is 0.444 e. The van der Waals surface area contributed by atoms with E-state index in [1.165, 1.54) is 19.3 Å². The van der Waals surface area contributed by atoms with Gasteiger partial charge in [-0.1, -0.05) is 30.3 Å². The molecule has 0 spiro atoms. The van der Waals surface area contributed by atoms with Gasteiger partial charge in [-0.3, -0.25) is 29.9 Å². The monoisotopic (exact) mass is 779 g/mol. The van der Waals surface area contributed by atoms with E-state index in [4.69, 9.17) is 15.9 Å². The summed E-state index contributed by atoms with van der Waals surface area (Å²) in [4.78, 5) is 80.5. The molecule has 1 heterocycles. The first kappa shape index (κ1) is 42.3. The number of benzene rings is 1. The molecule has 4 atom stereocenters. The molecule has 16 nitrogen and oxygen atoms in total. The number of hydrogen-bond donors (Lipinski definition) is 9. The van der Waals surface area contributed by atoms with Crippen LogP contribution >= 0.6 is 0 Å². The number of guanidine groups is 1. The number of hydrogen-bond acceptors (Lipinski definition) is 8. The zero-order chi connectivity index (χ0) is 40.5. The van der Waals surface area contributed by atoms with Crippen molar-refractivity contribution in [3.63, 3.8) is 0 Å². The molecule has 0 aromatic heterocycles. The lowest BCUT2D eigenvalue weighted by Gasteiger charge is -2.57. The number of urea groups is 1. The van der Waals surface area contributed by atoms with E-state index in [9.17, 15) is 28.8 Å². The van der Waals surface area contributed by atoms with Crippen molar-refractivity contribution in [2.75, 3.05) is 13.1 Å². The number of nitrogens with two attached hydrogens (primary N) is 1. The van der Waals surface area contributed by atoms with Gasteiger partial charge in [0.25, 0.3) is 0 Å². The first-order chi connectivity index (χ1) is 26.6. The third-order valence-electron chi connectivity index (χ3n) is 11.4. The Morgan fingerprint density at radius 3 is 2.16 bits per heavy atom. The van der Waals surface area contributed by atoms with Crippen LogP contribution < -0.4 is 43.0 Å². The molecule has 1 saturated heterocycles. The van der Waals surface area contributed by atoms with Crippen LogP contribution in [0.4, 0.5) is 9.59 Å². The summed E-state index contributed by atoms with van der Waals surface area (Å²) < 4.78 is 5.46. The van der Waals surface area contributed by atoms with Crippen molar-refractivity contribution in [2.24, 2.45) is 28.9 Å². The molecule has 7 amide bonds. The van der Waals surface area contributed by atoms with Crippen molar-refractivity contribution in [3.05, 3.63) is 35.9 Å². The van der Waals surface area contributed by atoms with Gasteiger partial charge in [0.05, 0.1) is 0 Å². The summed E-state index contributed by atoms with van der Waals surface area (Å²) >= 11 is 0. The second-order valence-electron chi connectivity index (χ2n) is 17.4. The van der Waals surface area contributed by atoms with Crippen LogP contribution in [0.15, 0.2) is 30.3 Å². The number of nitrogens with one attached hydrogen (secondary N) is 8. The third kappa shape index (κ3) is 12.6. The summed E-state index contributed by atoms with van der Waals surface area (Å²) in [5, 5.41) is 27.4. The van der Waals surface area contributed by atoms with Gasteiger partial charge in [0, 0.05) is 19.5 Å². The molecule has 56 heavy (non-hydrogen) atoms. The highest BCUT2D eigenvalue weighted by atomic mass is 16.6. The van der Waals surface area contributed by atoms with Gasteiger partial charge in [-0.15, -0.1) is 0 Å². The molecule has 4 saturated carbocycles. The maximum Gasteiger partial charge on any atom is 0.408 e. The summed E-state index contributed by atoms with van der Waals surface area (Å²) in [6.45, 7) is 5.59. The SMILES string of the molecule is CC(C)(C)OC(=O)N[C@@H](Cc1ccccc1)C(=O)N[C@@H]1CCCNC(=N)NC(=O)NCCCC[C@@H](C(N)=O)NC(=O)[C@H](CC23CC4CC(CC(C4)C2)C3)NC1=O. The Hall–Kier alpha value is -4.89. The van der Waals surface area contributed by atoms with Crippen molar-refractivity contribution in [1.82, 2.24) is 37.2 Å². The summed E-state index contributed by atoms with van der Waals surface area (Å²) in [5.74, 6) is -0.914. The molecule has 4 bridgehead atoms. The summed E-state index contributed by atoms with van der Waals surface area (Å²) in [7, 11) is 0. The van der Waals surface area contributed by atoms with E-state index < -0.39 is 65.5 Å². The molecule has 6 rings (SSSR count). The highest BCUT2D eigenvalue weighted by Gasteiger charge is 2.52. The van der Waals surface area contributed by atoms with Gasteiger partial charge in [0.15, 0.2) is 5.96 Å². The molecule has 16 heteroatoms. The fraction of sp³-hybridized carbons (Fsp3) is 0.675. The molecule has 1 aromatic carbocycles. The predicted molar refractivity (Wildman–Crippen MR) is 209 cm³/mol. The second-order valence-corrected chi connectivity index (χ2v) is 17.4. The normalized spacial score (nSPS) is 29.7. The van der Waals surface area contributed by atoms with Crippen LogP contribution in [-0.2, 0) is 30.3 Å². The highest BCUT2D eigenvalue weighted by Crippen LogP contribution is 2.61.